The third-order valence-corrected chi connectivity index (χ3v) is 3.37. The van der Waals surface area contributed by atoms with Gasteiger partial charge in [0.15, 0.2) is 0 Å². The first-order valence-corrected chi connectivity index (χ1v) is 7.00. The minimum Gasteiger partial charge on any atom is -0.340 e. The molecule has 0 bridgehead atoms. The first-order chi connectivity index (χ1) is 10.6. The van der Waals surface area contributed by atoms with E-state index in [-0.39, 0.29) is 5.69 Å². The summed E-state index contributed by atoms with van der Waals surface area (Å²) >= 11 is 0. The molecule has 3 rings (SSSR count). The van der Waals surface area contributed by atoms with Crippen LogP contribution in [0.25, 0.3) is 5.78 Å². The lowest BCUT2D eigenvalue weighted by atomic mass is 10.2. The van der Waals surface area contributed by atoms with Crippen molar-refractivity contribution < 1.29 is 0 Å². The van der Waals surface area contributed by atoms with Crippen LogP contribution in [0.3, 0.4) is 0 Å². The smallest absolute Gasteiger partial charge is 0.340 e. The third-order valence-electron chi connectivity index (χ3n) is 3.37. The molecular formula is C16H17N5O. The number of rotatable bonds is 4. The summed E-state index contributed by atoms with van der Waals surface area (Å²) < 4.78 is 2.84. The van der Waals surface area contributed by atoms with Gasteiger partial charge in [-0.2, -0.15) is 4.98 Å². The van der Waals surface area contributed by atoms with Gasteiger partial charge in [0, 0.05) is 17.4 Å². The minimum atomic E-state index is -0.207. The molecule has 2 heterocycles. The largest absolute Gasteiger partial charge is 0.352 e. The van der Waals surface area contributed by atoms with Gasteiger partial charge in [-0.05, 0) is 26.0 Å². The second kappa shape index (κ2) is 5.48. The van der Waals surface area contributed by atoms with Crippen molar-refractivity contribution in [2.24, 2.45) is 0 Å². The molecule has 0 radical (unpaired) electrons. The monoisotopic (exact) mass is 295 g/mol. The maximum absolute atomic E-state index is 12.2. The molecule has 6 nitrogen and oxygen atoms in total. The first kappa shape index (κ1) is 14.1. The fourth-order valence-corrected chi connectivity index (χ4v) is 2.27. The molecule has 112 valence electrons. The molecule has 0 saturated carbocycles. The SMILES string of the molecule is C=CCn1nc2nc(Nc3ccc(C)cc3)cc(C)n2c1=O. The number of anilines is 2. The maximum atomic E-state index is 12.2. The summed E-state index contributed by atoms with van der Waals surface area (Å²) in [4.78, 5) is 16.6. The van der Waals surface area contributed by atoms with E-state index in [1.165, 1.54) is 14.6 Å². The Kier molecular flexibility index (Phi) is 3.50. The molecule has 0 saturated heterocycles. The topological polar surface area (TPSA) is 64.2 Å². The van der Waals surface area contributed by atoms with Crippen LogP contribution >= 0.6 is 0 Å². The van der Waals surface area contributed by atoms with Crippen molar-refractivity contribution in [2.75, 3.05) is 5.32 Å². The zero-order valence-corrected chi connectivity index (χ0v) is 12.6. The summed E-state index contributed by atoms with van der Waals surface area (Å²) in [5, 5.41) is 7.45. The van der Waals surface area contributed by atoms with Gasteiger partial charge in [-0.25, -0.2) is 13.9 Å². The van der Waals surface area contributed by atoms with Crippen LogP contribution < -0.4 is 11.0 Å². The van der Waals surface area contributed by atoms with Gasteiger partial charge in [0.05, 0.1) is 6.54 Å². The molecule has 3 aromatic rings. The summed E-state index contributed by atoms with van der Waals surface area (Å²) in [6, 6.07) is 9.85. The zero-order chi connectivity index (χ0) is 15.7. The molecule has 0 atom stereocenters. The highest BCUT2D eigenvalue weighted by Gasteiger charge is 2.11. The van der Waals surface area contributed by atoms with Crippen molar-refractivity contribution in [3.05, 3.63) is 64.7 Å². The number of fused-ring (bicyclic) bond motifs is 1. The van der Waals surface area contributed by atoms with E-state index in [1.807, 2.05) is 44.2 Å². The van der Waals surface area contributed by atoms with Crippen LogP contribution in [0.15, 0.2) is 47.8 Å². The molecule has 1 N–H and O–H groups in total. The summed E-state index contributed by atoms with van der Waals surface area (Å²) in [7, 11) is 0. The van der Waals surface area contributed by atoms with Gasteiger partial charge in [0.25, 0.3) is 5.78 Å². The lowest BCUT2D eigenvalue weighted by Crippen LogP contribution is -2.21. The van der Waals surface area contributed by atoms with E-state index in [9.17, 15) is 4.79 Å². The molecule has 0 aliphatic carbocycles. The lowest BCUT2D eigenvalue weighted by molar-refractivity contribution is 0.671. The van der Waals surface area contributed by atoms with Gasteiger partial charge < -0.3 is 5.32 Å². The summed E-state index contributed by atoms with van der Waals surface area (Å²) in [6.07, 6.45) is 1.63. The third kappa shape index (κ3) is 2.50. The molecular weight excluding hydrogens is 278 g/mol. The Labute approximate surface area is 127 Å². The van der Waals surface area contributed by atoms with Crippen molar-refractivity contribution in [1.29, 1.82) is 0 Å². The van der Waals surface area contributed by atoms with Crippen molar-refractivity contribution in [1.82, 2.24) is 19.2 Å². The van der Waals surface area contributed by atoms with Crippen LogP contribution in [-0.2, 0) is 6.54 Å². The molecule has 0 aliphatic heterocycles. The van der Waals surface area contributed by atoms with Crippen molar-refractivity contribution in [3.63, 3.8) is 0 Å². The van der Waals surface area contributed by atoms with Crippen LogP contribution in [0, 0.1) is 13.8 Å². The van der Waals surface area contributed by atoms with E-state index in [2.05, 4.69) is 22.0 Å². The van der Waals surface area contributed by atoms with E-state index in [0.29, 0.717) is 18.1 Å². The van der Waals surface area contributed by atoms with Crippen molar-refractivity contribution in [2.45, 2.75) is 20.4 Å². The molecule has 1 aromatic carbocycles. The van der Waals surface area contributed by atoms with Gasteiger partial charge in [-0.15, -0.1) is 11.7 Å². The van der Waals surface area contributed by atoms with E-state index >= 15 is 0 Å². The predicted octanol–water partition coefficient (Wildman–Crippen LogP) is 2.44. The normalized spacial score (nSPS) is 10.8. The molecule has 0 spiro atoms. The summed E-state index contributed by atoms with van der Waals surface area (Å²) in [6.45, 7) is 7.89. The first-order valence-electron chi connectivity index (χ1n) is 7.00. The molecule has 0 amide bonds. The number of nitrogens with zero attached hydrogens (tertiary/aromatic N) is 4. The standard InChI is InChI=1S/C16H17N5O/c1-4-9-20-16(22)21-12(3)10-14(18-15(21)19-20)17-13-7-5-11(2)6-8-13/h4-8,10H,1,9H2,2-3H3,(H,17,18,19). The van der Waals surface area contributed by atoms with Gasteiger partial charge in [-0.3, -0.25) is 0 Å². The summed E-state index contributed by atoms with van der Waals surface area (Å²) in [5.74, 6) is 1.03. The molecule has 0 aliphatic rings. The second-order valence-electron chi connectivity index (χ2n) is 5.16. The number of allylic oxidation sites excluding steroid dienone is 1. The Bertz CT molecular complexity index is 889. The highest BCUT2D eigenvalue weighted by atomic mass is 16.2. The van der Waals surface area contributed by atoms with E-state index in [1.54, 1.807) is 6.08 Å². The van der Waals surface area contributed by atoms with Gasteiger partial charge in [-0.1, -0.05) is 23.8 Å². The van der Waals surface area contributed by atoms with E-state index in [4.69, 9.17) is 0 Å². The van der Waals surface area contributed by atoms with Crippen LogP contribution in [0.5, 0.6) is 0 Å². The number of aromatic nitrogens is 4. The number of nitrogens with one attached hydrogen (secondary N) is 1. The number of hydrogen-bond acceptors (Lipinski definition) is 4. The fraction of sp³-hybridized carbons (Fsp3) is 0.188. The van der Waals surface area contributed by atoms with Crippen molar-refractivity contribution in [3.8, 4) is 0 Å². The van der Waals surface area contributed by atoms with Crippen LogP contribution in [0.4, 0.5) is 11.5 Å². The maximum Gasteiger partial charge on any atom is 0.352 e. The van der Waals surface area contributed by atoms with E-state index in [0.717, 1.165) is 11.4 Å². The lowest BCUT2D eigenvalue weighted by Gasteiger charge is -2.07. The molecule has 0 fully saturated rings. The fourth-order valence-electron chi connectivity index (χ4n) is 2.27. The average Bonchev–Trinajstić information content (AvgIpc) is 2.79. The Morgan fingerprint density at radius 1 is 1.27 bits per heavy atom. The highest BCUT2D eigenvalue weighted by Crippen LogP contribution is 2.16. The van der Waals surface area contributed by atoms with Gasteiger partial charge >= 0.3 is 5.69 Å². The van der Waals surface area contributed by atoms with Gasteiger partial charge in [0.1, 0.15) is 5.82 Å². The quantitative estimate of drug-likeness (QED) is 0.751. The molecule has 0 unspecified atom stereocenters. The number of aryl methyl sites for hydroxylation is 2. The Morgan fingerprint density at radius 3 is 2.68 bits per heavy atom. The molecule has 2 aromatic heterocycles. The highest BCUT2D eigenvalue weighted by molar-refractivity contribution is 5.58. The van der Waals surface area contributed by atoms with E-state index < -0.39 is 0 Å². The molecule has 6 heteroatoms. The average molecular weight is 295 g/mol. The minimum absolute atomic E-state index is 0.207. The molecule has 22 heavy (non-hydrogen) atoms. The van der Waals surface area contributed by atoms with Gasteiger partial charge in [0.2, 0.25) is 0 Å². The Hall–Kier alpha value is -2.89. The Morgan fingerprint density at radius 2 is 2.00 bits per heavy atom. The van der Waals surface area contributed by atoms with Crippen molar-refractivity contribution >= 4 is 17.3 Å². The van der Waals surface area contributed by atoms with Crippen LogP contribution in [-0.4, -0.2) is 19.2 Å². The second-order valence-corrected chi connectivity index (χ2v) is 5.16. The predicted molar refractivity (Wildman–Crippen MR) is 86.6 cm³/mol. The Balaban J connectivity index is 2.03. The summed E-state index contributed by atoms with van der Waals surface area (Å²) in [5.41, 5.74) is 2.70. The number of benzene rings is 1. The van der Waals surface area contributed by atoms with Crippen LogP contribution in [0.2, 0.25) is 0 Å². The van der Waals surface area contributed by atoms with Crippen LogP contribution in [0.1, 0.15) is 11.3 Å². The zero-order valence-electron chi connectivity index (χ0n) is 12.6. The number of hydrogen-bond donors (Lipinski definition) is 1.